The molecular weight excluding hydrogens is 327 g/mol. The molecule has 1 N–H and O–H groups in total. The molecule has 1 unspecified atom stereocenters. The second-order valence-corrected chi connectivity index (χ2v) is 6.19. The first-order valence-electron chi connectivity index (χ1n) is 8.58. The van der Waals surface area contributed by atoms with Crippen LogP contribution >= 0.6 is 0 Å². The maximum absolute atomic E-state index is 13.3. The zero-order valence-electron chi connectivity index (χ0n) is 14.2. The van der Waals surface area contributed by atoms with Gasteiger partial charge in [0.25, 0.3) is 0 Å². The highest BCUT2D eigenvalue weighted by Crippen LogP contribution is 2.20. The summed E-state index contributed by atoms with van der Waals surface area (Å²) in [5.41, 5.74) is 4.05. The number of aromatic nitrogens is 3. The van der Waals surface area contributed by atoms with Gasteiger partial charge in [0, 0.05) is 19.3 Å². The number of benzene rings is 2. The van der Waals surface area contributed by atoms with Crippen LogP contribution in [0.1, 0.15) is 17.3 Å². The number of para-hydroxylation sites is 2. The van der Waals surface area contributed by atoms with E-state index in [4.69, 9.17) is 0 Å². The van der Waals surface area contributed by atoms with Gasteiger partial charge < -0.3 is 9.88 Å². The molecule has 4 nitrogen and oxygen atoms in total. The van der Waals surface area contributed by atoms with Gasteiger partial charge in [-0.2, -0.15) is 0 Å². The Morgan fingerprint density at radius 1 is 0.923 bits per heavy atom. The number of fused-ring (bicyclic) bond motifs is 1. The predicted molar refractivity (Wildman–Crippen MR) is 100.0 cm³/mol. The largest absolute Gasteiger partial charge is 0.329 e. The van der Waals surface area contributed by atoms with E-state index in [1.807, 2.05) is 54.9 Å². The number of hydrogen-bond donors (Lipinski definition) is 1. The molecule has 0 radical (unpaired) electrons. The SMILES string of the molecule is Fc1ccc(C(Cn2cnc3ccccc32)NCc2ccccn2)cc1. The molecular formula is C21H19FN4. The number of nitrogens with one attached hydrogen (secondary N) is 1. The fourth-order valence-corrected chi connectivity index (χ4v) is 3.07. The van der Waals surface area contributed by atoms with Gasteiger partial charge in [-0.3, -0.25) is 4.98 Å². The van der Waals surface area contributed by atoms with Crippen LogP contribution < -0.4 is 5.32 Å². The molecule has 0 aliphatic carbocycles. The lowest BCUT2D eigenvalue weighted by Crippen LogP contribution is -2.25. The van der Waals surface area contributed by atoms with Crippen LogP contribution in [-0.4, -0.2) is 14.5 Å². The second kappa shape index (κ2) is 7.45. The first-order valence-corrected chi connectivity index (χ1v) is 8.58. The summed E-state index contributed by atoms with van der Waals surface area (Å²) in [4.78, 5) is 8.82. The minimum absolute atomic E-state index is 0.00946. The van der Waals surface area contributed by atoms with Gasteiger partial charge in [0.05, 0.1) is 29.1 Å². The first kappa shape index (κ1) is 16.4. The van der Waals surface area contributed by atoms with Crippen LogP contribution in [0.4, 0.5) is 4.39 Å². The fourth-order valence-electron chi connectivity index (χ4n) is 3.07. The molecule has 4 rings (SSSR count). The molecule has 4 aromatic rings. The van der Waals surface area contributed by atoms with Crippen molar-refractivity contribution in [2.75, 3.05) is 0 Å². The van der Waals surface area contributed by atoms with Gasteiger partial charge in [-0.25, -0.2) is 9.37 Å². The summed E-state index contributed by atoms with van der Waals surface area (Å²) in [5.74, 6) is -0.231. The zero-order chi connectivity index (χ0) is 17.8. The van der Waals surface area contributed by atoms with Crippen LogP contribution in [0.3, 0.4) is 0 Å². The van der Waals surface area contributed by atoms with Crippen LogP contribution in [0, 0.1) is 5.82 Å². The Bertz CT molecular complexity index is 980. The van der Waals surface area contributed by atoms with Crippen molar-refractivity contribution in [3.05, 3.63) is 96.3 Å². The highest BCUT2D eigenvalue weighted by atomic mass is 19.1. The van der Waals surface area contributed by atoms with E-state index in [2.05, 4.69) is 25.9 Å². The van der Waals surface area contributed by atoms with E-state index >= 15 is 0 Å². The topological polar surface area (TPSA) is 42.7 Å². The summed E-state index contributed by atoms with van der Waals surface area (Å²) >= 11 is 0. The lowest BCUT2D eigenvalue weighted by Gasteiger charge is -2.20. The first-order chi connectivity index (χ1) is 12.8. The number of hydrogen-bond acceptors (Lipinski definition) is 3. The van der Waals surface area contributed by atoms with Gasteiger partial charge in [0.2, 0.25) is 0 Å². The number of pyridine rings is 1. The van der Waals surface area contributed by atoms with Crippen molar-refractivity contribution >= 4 is 11.0 Å². The Morgan fingerprint density at radius 2 is 1.73 bits per heavy atom. The summed E-state index contributed by atoms with van der Waals surface area (Å²) in [6, 6.07) is 20.6. The summed E-state index contributed by atoms with van der Waals surface area (Å²) in [5, 5.41) is 3.54. The second-order valence-electron chi connectivity index (χ2n) is 6.19. The van der Waals surface area contributed by atoms with E-state index in [1.165, 1.54) is 12.1 Å². The third-order valence-electron chi connectivity index (χ3n) is 4.43. The lowest BCUT2D eigenvalue weighted by atomic mass is 10.1. The van der Waals surface area contributed by atoms with Crippen LogP contribution in [-0.2, 0) is 13.1 Å². The summed E-state index contributed by atoms with van der Waals surface area (Å²) in [6.07, 6.45) is 3.64. The third kappa shape index (κ3) is 3.63. The zero-order valence-corrected chi connectivity index (χ0v) is 14.2. The Kier molecular flexibility index (Phi) is 4.71. The predicted octanol–water partition coefficient (Wildman–Crippen LogP) is 4.10. The third-order valence-corrected chi connectivity index (χ3v) is 4.43. The maximum atomic E-state index is 13.3. The molecule has 1 atom stereocenters. The Balaban J connectivity index is 1.60. The van der Waals surface area contributed by atoms with Crippen LogP contribution in [0.15, 0.2) is 79.3 Å². The molecule has 0 bridgehead atoms. The van der Waals surface area contributed by atoms with Gasteiger partial charge in [-0.15, -0.1) is 0 Å². The quantitative estimate of drug-likeness (QED) is 0.571. The van der Waals surface area contributed by atoms with E-state index in [0.29, 0.717) is 13.1 Å². The summed E-state index contributed by atoms with van der Waals surface area (Å²) in [6.45, 7) is 1.33. The standard InChI is InChI=1S/C21H19FN4/c22-17-10-8-16(9-11-17)20(24-13-18-5-3-4-12-23-18)14-26-15-25-19-6-1-2-7-21(19)26/h1-12,15,20,24H,13-14H2. The molecule has 0 saturated heterocycles. The summed E-state index contributed by atoms with van der Waals surface area (Å²) in [7, 11) is 0. The Labute approximate surface area is 151 Å². The minimum Gasteiger partial charge on any atom is -0.329 e. The van der Waals surface area contributed by atoms with E-state index in [0.717, 1.165) is 22.3 Å². The van der Waals surface area contributed by atoms with Crippen LogP contribution in [0.2, 0.25) is 0 Å². The molecule has 0 aliphatic heterocycles. The van der Waals surface area contributed by atoms with Gasteiger partial charge in [0.15, 0.2) is 0 Å². The molecule has 2 aromatic carbocycles. The highest BCUT2D eigenvalue weighted by molar-refractivity contribution is 5.74. The number of imidazole rings is 1. The van der Waals surface area contributed by atoms with Crippen LogP contribution in [0.25, 0.3) is 11.0 Å². The molecule has 0 saturated carbocycles. The van der Waals surface area contributed by atoms with Gasteiger partial charge in [-0.1, -0.05) is 30.3 Å². The van der Waals surface area contributed by atoms with Gasteiger partial charge in [0.1, 0.15) is 5.82 Å². The highest BCUT2D eigenvalue weighted by Gasteiger charge is 2.14. The monoisotopic (exact) mass is 346 g/mol. The normalized spacial score (nSPS) is 12.3. The van der Waals surface area contributed by atoms with Gasteiger partial charge in [-0.05, 0) is 42.0 Å². The average Bonchev–Trinajstić information content (AvgIpc) is 3.10. The molecule has 26 heavy (non-hydrogen) atoms. The number of halogens is 1. The molecule has 130 valence electrons. The van der Waals surface area contributed by atoms with Crippen molar-refractivity contribution in [2.24, 2.45) is 0 Å². The number of nitrogens with zero attached hydrogens (tertiary/aromatic N) is 3. The fraction of sp³-hybridized carbons (Fsp3) is 0.143. The smallest absolute Gasteiger partial charge is 0.123 e. The Morgan fingerprint density at radius 3 is 2.54 bits per heavy atom. The molecule has 0 amide bonds. The van der Waals surface area contributed by atoms with Crippen molar-refractivity contribution < 1.29 is 4.39 Å². The van der Waals surface area contributed by atoms with E-state index < -0.39 is 0 Å². The molecule has 2 heterocycles. The summed E-state index contributed by atoms with van der Waals surface area (Å²) < 4.78 is 15.5. The van der Waals surface area contributed by atoms with Crippen molar-refractivity contribution in [3.8, 4) is 0 Å². The molecule has 0 spiro atoms. The van der Waals surface area contributed by atoms with Gasteiger partial charge >= 0.3 is 0 Å². The van der Waals surface area contributed by atoms with Crippen molar-refractivity contribution in [1.29, 1.82) is 0 Å². The number of rotatable bonds is 6. The van der Waals surface area contributed by atoms with Crippen LogP contribution in [0.5, 0.6) is 0 Å². The van der Waals surface area contributed by atoms with Crippen molar-refractivity contribution in [2.45, 2.75) is 19.1 Å². The molecule has 5 heteroatoms. The van der Waals surface area contributed by atoms with Crippen molar-refractivity contribution in [1.82, 2.24) is 19.9 Å². The minimum atomic E-state index is -0.231. The average molecular weight is 346 g/mol. The maximum Gasteiger partial charge on any atom is 0.123 e. The lowest BCUT2D eigenvalue weighted by molar-refractivity contribution is 0.464. The molecule has 0 fully saturated rings. The van der Waals surface area contributed by atoms with E-state index in [-0.39, 0.29) is 11.9 Å². The van der Waals surface area contributed by atoms with E-state index in [1.54, 1.807) is 6.20 Å². The molecule has 2 aromatic heterocycles. The Hall–Kier alpha value is -3.05. The molecule has 0 aliphatic rings. The van der Waals surface area contributed by atoms with E-state index in [9.17, 15) is 4.39 Å². The van der Waals surface area contributed by atoms with Crippen molar-refractivity contribution in [3.63, 3.8) is 0 Å².